The van der Waals surface area contributed by atoms with Gasteiger partial charge >= 0.3 is 6.18 Å². The summed E-state index contributed by atoms with van der Waals surface area (Å²) in [5, 5.41) is 2.50. The van der Waals surface area contributed by atoms with Crippen LogP contribution < -0.4 is 5.32 Å². The molecule has 0 aliphatic carbocycles. The zero-order valence-electron chi connectivity index (χ0n) is 11.6. The van der Waals surface area contributed by atoms with Crippen LogP contribution in [-0.4, -0.2) is 47.8 Å². The van der Waals surface area contributed by atoms with E-state index < -0.39 is 24.7 Å². The van der Waals surface area contributed by atoms with Gasteiger partial charge in [0.25, 0.3) is 0 Å². The highest BCUT2D eigenvalue weighted by Crippen LogP contribution is 2.21. The van der Waals surface area contributed by atoms with Crippen LogP contribution in [0.4, 0.5) is 13.2 Å². The number of nitrogens with zero attached hydrogens (tertiary/aromatic N) is 1. The standard InChI is InChI=1S/C14H15F3N2O2S/c15-14(16,17)9-19-7-6-11(13(19)21)18-12(20)8-22-10-4-2-1-3-5-10/h1-5,11H,6-9H2,(H,18,20)/t11-/m1/s1. The molecule has 0 radical (unpaired) electrons. The van der Waals surface area contributed by atoms with Crippen LogP contribution >= 0.6 is 11.8 Å². The van der Waals surface area contributed by atoms with E-state index in [1.807, 2.05) is 30.3 Å². The Hall–Kier alpha value is -1.70. The van der Waals surface area contributed by atoms with Gasteiger partial charge in [0.15, 0.2) is 0 Å². The molecule has 4 nitrogen and oxygen atoms in total. The number of halogens is 3. The summed E-state index contributed by atoms with van der Waals surface area (Å²) < 4.78 is 36.9. The minimum atomic E-state index is -4.42. The third-order valence-electron chi connectivity index (χ3n) is 3.12. The Kier molecular flexibility index (Phi) is 5.33. The first-order valence-electron chi connectivity index (χ1n) is 6.68. The predicted octanol–water partition coefficient (Wildman–Crippen LogP) is 2.06. The molecule has 1 heterocycles. The van der Waals surface area contributed by atoms with E-state index in [-0.39, 0.29) is 24.6 Å². The van der Waals surface area contributed by atoms with Crippen molar-refractivity contribution in [2.45, 2.75) is 23.5 Å². The fourth-order valence-corrected chi connectivity index (χ4v) is 2.88. The van der Waals surface area contributed by atoms with Gasteiger partial charge in [-0.15, -0.1) is 11.8 Å². The van der Waals surface area contributed by atoms with Crippen molar-refractivity contribution in [3.05, 3.63) is 30.3 Å². The lowest BCUT2D eigenvalue weighted by Gasteiger charge is -2.18. The van der Waals surface area contributed by atoms with Gasteiger partial charge in [0, 0.05) is 11.4 Å². The fourth-order valence-electron chi connectivity index (χ4n) is 2.15. The number of rotatable bonds is 5. The van der Waals surface area contributed by atoms with E-state index in [0.717, 1.165) is 9.80 Å². The molecule has 120 valence electrons. The van der Waals surface area contributed by atoms with Gasteiger partial charge < -0.3 is 10.2 Å². The van der Waals surface area contributed by atoms with E-state index in [0.29, 0.717) is 0 Å². The van der Waals surface area contributed by atoms with Gasteiger partial charge in [-0.05, 0) is 18.6 Å². The summed E-state index contributed by atoms with van der Waals surface area (Å²) in [6.07, 6.45) is -4.21. The molecule has 1 aromatic carbocycles. The van der Waals surface area contributed by atoms with Crippen LogP contribution in [0.5, 0.6) is 0 Å². The van der Waals surface area contributed by atoms with Crippen LogP contribution in [0.2, 0.25) is 0 Å². The van der Waals surface area contributed by atoms with Crippen molar-refractivity contribution in [2.75, 3.05) is 18.8 Å². The van der Waals surface area contributed by atoms with E-state index in [2.05, 4.69) is 5.32 Å². The summed E-state index contributed by atoms with van der Waals surface area (Å²) in [4.78, 5) is 25.2. The molecule has 2 amide bonds. The quantitative estimate of drug-likeness (QED) is 0.840. The third-order valence-corrected chi connectivity index (χ3v) is 4.13. The normalized spacial score (nSPS) is 18.6. The molecule has 22 heavy (non-hydrogen) atoms. The van der Waals surface area contributed by atoms with Gasteiger partial charge in [-0.1, -0.05) is 18.2 Å². The first kappa shape index (κ1) is 16.7. The molecule has 0 saturated carbocycles. The number of nitrogens with one attached hydrogen (secondary N) is 1. The predicted molar refractivity (Wildman–Crippen MR) is 76.3 cm³/mol. The summed E-state index contributed by atoms with van der Waals surface area (Å²) in [5.41, 5.74) is 0. The summed E-state index contributed by atoms with van der Waals surface area (Å²) in [7, 11) is 0. The smallest absolute Gasteiger partial charge is 0.344 e. The number of hydrogen-bond donors (Lipinski definition) is 1. The average molecular weight is 332 g/mol. The van der Waals surface area contributed by atoms with Crippen molar-refractivity contribution >= 4 is 23.6 Å². The molecule has 1 atom stereocenters. The molecule has 0 unspecified atom stereocenters. The van der Waals surface area contributed by atoms with Crippen molar-refractivity contribution in [1.82, 2.24) is 10.2 Å². The van der Waals surface area contributed by atoms with E-state index >= 15 is 0 Å². The Morgan fingerprint density at radius 3 is 2.64 bits per heavy atom. The van der Waals surface area contributed by atoms with Gasteiger partial charge in [0.2, 0.25) is 11.8 Å². The van der Waals surface area contributed by atoms with Crippen molar-refractivity contribution in [3.8, 4) is 0 Å². The molecule has 8 heteroatoms. The number of likely N-dealkylation sites (tertiary alicyclic amines) is 1. The first-order chi connectivity index (χ1) is 10.3. The molecular weight excluding hydrogens is 317 g/mol. The molecule has 1 aliphatic rings. The third kappa shape index (κ3) is 4.94. The van der Waals surface area contributed by atoms with Crippen LogP contribution in [-0.2, 0) is 9.59 Å². The second-order valence-electron chi connectivity index (χ2n) is 4.89. The van der Waals surface area contributed by atoms with Crippen molar-refractivity contribution in [3.63, 3.8) is 0 Å². The lowest BCUT2D eigenvalue weighted by molar-refractivity contribution is -0.158. The summed E-state index contributed by atoms with van der Waals surface area (Å²) >= 11 is 1.31. The number of hydrogen-bond acceptors (Lipinski definition) is 3. The second-order valence-corrected chi connectivity index (χ2v) is 5.93. The number of amides is 2. The van der Waals surface area contributed by atoms with Crippen LogP contribution in [0.25, 0.3) is 0 Å². The molecule has 0 bridgehead atoms. The Bertz CT molecular complexity index is 537. The summed E-state index contributed by atoms with van der Waals surface area (Å²) in [6, 6.07) is 8.39. The maximum atomic E-state index is 12.3. The van der Waals surface area contributed by atoms with E-state index in [1.54, 1.807) is 0 Å². The van der Waals surface area contributed by atoms with Crippen LogP contribution in [0, 0.1) is 0 Å². The Balaban J connectivity index is 1.79. The Morgan fingerprint density at radius 1 is 1.32 bits per heavy atom. The highest BCUT2D eigenvalue weighted by atomic mass is 32.2. The number of alkyl halides is 3. The fraction of sp³-hybridized carbons (Fsp3) is 0.429. The molecule has 1 fully saturated rings. The van der Waals surface area contributed by atoms with Crippen LogP contribution in [0.3, 0.4) is 0 Å². The highest BCUT2D eigenvalue weighted by molar-refractivity contribution is 8.00. The second kappa shape index (κ2) is 7.04. The SMILES string of the molecule is O=C(CSc1ccccc1)N[C@@H]1CCN(CC(F)(F)F)C1=O. The maximum Gasteiger partial charge on any atom is 0.406 e. The summed E-state index contributed by atoms with van der Waals surface area (Å²) in [5.74, 6) is -0.913. The summed E-state index contributed by atoms with van der Waals surface area (Å²) in [6.45, 7) is -1.26. The maximum absolute atomic E-state index is 12.3. The first-order valence-corrected chi connectivity index (χ1v) is 7.66. The van der Waals surface area contributed by atoms with Gasteiger partial charge in [0.1, 0.15) is 12.6 Å². The van der Waals surface area contributed by atoms with E-state index in [9.17, 15) is 22.8 Å². The molecular formula is C14H15F3N2O2S. The van der Waals surface area contributed by atoms with E-state index in [1.165, 1.54) is 11.8 Å². The van der Waals surface area contributed by atoms with Crippen LogP contribution in [0.1, 0.15) is 6.42 Å². The van der Waals surface area contributed by atoms with Crippen molar-refractivity contribution in [2.24, 2.45) is 0 Å². The van der Waals surface area contributed by atoms with Crippen molar-refractivity contribution in [1.29, 1.82) is 0 Å². The van der Waals surface area contributed by atoms with Gasteiger partial charge in [-0.2, -0.15) is 13.2 Å². The Labute approximate surface area is 130 Å². The monoisotopic (exact) mass is 332 g/mol. The number of benzene rings is 1. The lowest BCUT2D eigenvalue weighted by atomic mass is 10.2. The van der Waals surface area contributed by atoms with Crippen LogP contribution in [0.15, 0.2) is 35.2 Å². The molecule has 1 aromatic rings. The van der Waals surface area contributed by atoms with Gasteiger partial charge in [-0.25, -0.2) is 0 Å². The van der Waals surface area contributed by atoms with Gasteiger partial charge in [0.05, 0.1) is 5.75 Å². The highest BCUT2D eigenvalue weighted by Gasteiger charge is 2.39. The lowest BCUT2D eigenvalue weighted by Crippen LogP contribution is -2.44. The topological polar surface area (TPSA) is 49.4 Å². The molecule has 0 aromatic heterocycles. The molecule has 1 aliphatic heterocycles. The minimum absolute atomic E-state index is 0.00905. The largest absolute Gasteiger partial charge is 0.406 e. The van der Waals surface area contributed by atoms with E-state index in [4.69, 9.17) is 0 Å². The van der Waals surface area contributed by atoms with Crippen molar-refractivity contribution < 1.29 is 22.8 Å². The molecule has 2 rings (SSSR count). The van der Waals surface area contributed by atoms with Gasteiger partial charge in [-0.3, -0.25) is 9.59 Å². The number of carbonyl (C=O) groups excluding carboxylic acids is 2. The minimum Gasteiger partial charge on any atom is -0.344 e. The zero-order valence-corrected chi connectivity index (χ0v) is 12.4. The Morgan fingerprint density at radius 2 is 2.00 bits per heavy atom. The average Bonchev–Trinajstić information content (AvgIpc) is 2.77. The molecule has 0 spiro atoms. The number of thioether (sulfide) groups is 1. The molecule has 1 saturated heterocycles. The number of carbonyl (C=O) groups is 2. The zero-order chi connectivity index (χ0) is 16.2. The molecule has 1 N–H and O–H groups in total.